The molecule has 5 nitrogen and oxygen atoms in total. The van der Waals surface area contributed by atoms with Crippen LogP contribution >= 0.6 is 0 Å². The Balaban J connectivity index is 2.25. The molecular formula is C16H24N2O3. The molecule has 1 fully saturated rings. The SMILES string of the molecule is CCOC(=O)c1c(C)[nH]c(C(=O)N(C)C(C)C2CC2)c1C. The summed E-state index contributed by atoms with van der Waals surface area (Å²) in [6, 6.07) is 0.228. The van der Waals surface area contributed by atoms with Gasteiger partial charge in [-0.05, 0) is 52.0 Å². The van der Waals surface area contributed by atoms with Crippen molar-refractivity contribution in [2.75, 3.05) is 13.7 Å². The average molecular weight is 292 g/mol. The fourth-order valence-electron chi connectivity index (χ4n) is 2.73. The Morgan fingerprint density at radius 2 is 2.00 bits per heavy atom. The first-order valence-corrected chi connectivity index (χ1v) is 7.51. The lowest BCUT2D eigenvalue weighted by atomic mass is 10.1. The highest BCUT2D eigenvalue weighted by Crippen LogP contribution is 2.35. The van der Waals surface area contributed by atoms with Gasteiger partial charge in [0.15, 0.2) is 0 Å². The largest absolute Gasteiger partial charge is 0.462 e. The second-order valence-electron chi connectivity index (χ2n) is 5.84. The number of hydrogen-bond donors (Lipinski definition) is 1. The minimum Gasteiger partial charge on any atom is -0.462 e. The van der Waals surface area contributed by atoms with E-state index in [-0.39, 0.29) is 17.9 Å². The summed E-state index contributed by atoms with van der Waals surface area (Å²) < 4.78 is 5.05. The average Bonchev–Trinajstić information content (AvgIpc) is 3.23. The summed E-state index contributed by atoms with van der Waals surface area (Å²) >= 11 is 0. The maximum absolute atomic E-state index is 12.6. The number of aromatic nitrogens is 1. The molecule has 1 saturated carbocycles. The van der Waals surface area contributed by atoms with Gasteiger partial charge in [0.2, 0.25) is 0 Å². The van der Waals surface area contributed by atoms with Crippen LogP contribution in [0.5, 0.6) is 0 Å². The van der Waals surface area contributed by atoms with Gasteiger partial charge in [-0.1, -0.05) is 0 Å². The molecule has 0 bridgehead atoms. The fraction of sp³-hybridized carbons (Fsp3) is 0.625. The van der Waals surface area contributed by atoms with E-state index in [0.717, 1.165) is 0 Å². The van der Waals surface area contributed by atoms with Crippen molar-refractivity contribution in [3.8, 4) is 0 Å². The van der Waals surface area contributed by atoms with Crippen LogP contribution in [0.1, 0.15) is 58.8 Å². The molecule has 0 saturated heterocycles. The zero-order valence-corrected chi connectivity index (χ0v) is 13.4. The van der Waals surface area contributed by atoms with Gasteiger partial charge in [-0.3, -0.25) is 4.79 Å². The number of esters is 1. The van der Waals surface area contributed by atoms with Crippen LogP contribution in [0.15, 0.2) is 0 Å². The molecule has 1 N–H and O–H groups in total. The highest BCUT2D eigenvalue weighted by molar-refractivity contribution is 6.00. The Bertz CT molecular complexity index is 558. The number of ether oxygens (including phenoxy) is 1. The van der Waals surface area contributed by atoms with E-state index in [1.807, 2.05) is 7.05 Å². The number of aryl methyl sites for hydroxylation is 1. The lowest BCUT2D eigenvalue weighted by Crippen LogP contribution is -2.37. The summed E-state index contributed by atoms with van der Waals surface area (Å²) in [4.78, 5) is 29.4. The first kappa shape index (κ1) is 15.6. The molecule has 1 aliphatic carbocycles. The van der Waals surface area contributed by atoms with E-state index in [0.29, 0.717) is 35.0 Å². The molecular weight excluding hydrogens is 268 g/mol. The van der Waals surface area contributed by atoms with E-state index in [2.05, 4.69) is 11.9 Å². The third-order valence-electron chi connectivity index (χ3n) is 4.37. The van der Waals surface area contributed by atoms with Crippen molar-refractivity contribution in [3.63, 3.8) is 0 Å². The van der Waals surface area contributed by atoms with E-state index >= 15 is 0 Å². The molecule has 1 aromatic heterocycles. The van der Waals surface area contributed by atoms with Gasteiger partial charge in [0.1, 0.15) is 5.69 Å². The van der Waals surface area contributed by atoms with Crippen molar-refractivity contribution in [2.24, 2.45) is 5.92 Å². The smallest absolute Gasteiger partial charge is 0.340 e. The van der Waals surface area contributed by atoms with Gasteiger partial charge in [-0.25, -0.2) is 4.79 Å². The molecule has 2 rings (SSSR count). The number of hydrogen-bond acceptors (Lipinski definition) is 3. The quantitative estimate of drug-likeness (QED) is 0.849. The molecule has 21 heavy (non-hydrogen) atoms. The number of carbonyl (C=O) groups is 2. The Labute approximate surface area is 125 Å². The van der Waals surface area contributed by atoms with Crippen LogP contribution in [-0.2, 0) is 4.74 Å². The van der Waals surface area contributed by atoms with Gasteiger partial charge in [-0.15, -0.1) is 0 Å². The minimum absolute atomic E-state index is 0.0643. The second kappa shape index (κ2) is 5.92. The Morgan fingerprint density at radius 1 is 1.38 bits per heavy atom. The van der Waals surface area contributed by atoms with Gasteiger partial charge in [0, 0.05) is 18.8 Å². The highest BCUT2D eigenvalue weighted by Gasteiger charge is 2.34. The van der Waals surface area contributed by atoms with Crippen molar-refractivity contribution in [1.29, 1.82) is 0 Å². The van der Waals surface area contributed by atoms with Gasteiger partial charge in [0.05, 0.1) is 12.2 Å². The molecule has 0 aromatic carbocycles. The predicted octanol–water partition coefficient (Wildman–Crippen LogP) is 2.68. The number of rotatable bonds is 5. The van der Waals surface area contributed by atoms with Crippen LogP contribution in [-0.4, -0.2) is 41.5 Å². The number of nitrogens with one attached hydrogen (secondary N) is 1. The normalized spacial score (nSPS) is 15.7. The lowest BCUT2D eigenvalue weighted by Gasteiger charge is -2.24. The predicted molar refractivity (Wildman–Crippen MR) is 80.5 cm³/mol. The van der Waals surface area contributed by atoms with Crippen LogP contribution in [0.3, 0.4) is 0 Å². The molecule has 0 radical (unpaired) electrons. The van der Waals surface area contributed by atoms with E-state index in [1.165, 1.54) is 12.8 Å². The highest BCUT2D eigenvalue weighted by atomic mass is 16.5. The monoisotopic (exact) mass is 292 g/mol. The lowest BCUT2D eigenvalue weighted by molar-refractivity contribution is 0.0525. The molecule has 1 heterocycles. The number of H-pyrrole nitrogens is 1. The number of carbonyl (C=O) groups excluding carboxylic acids is 2. The van der Waals surface area contributed by atoms with Crippen molar-refractivity contribution in [1.82, 2.24) is 9.88 Å². The molecule has 116 valence electrons. The molecule has 1 amide bonds. The van der Waals surface area contributed by atoms with Crippen LogP contribution in [0.4, 0.5) is 0 Å². The van der Waals surface area contributed by atoms with Gasteiger partial charge in [-0.2, -0.15) is 0 Å². The summed E-state index contributed by atoms with van der Waals surface area (Å²) in [5, 5.41) is 0. The third kappa shape index (κ3) is 2.96. The topological polar surface area (TPSA) is 62.4 Å². The maximum atomic E-state index is 12.6. The molecule has 0 aliphatic heterocycles. The van der Waals surface area contributed by atoms with Crippen LogP contribution in [0, 0.1) is 19.8 Å². The van der Waals surface area contributed by atoms with Crippen molar-refractivity contribution >= 4 is 11.9 Å². The van der Waals surface area contributed by atoms with Gasteiger partial charge >= 0.3 is 5.97 Å². The summed E-state index contributed by atoms with van der Waals surface area (Å²) in [6.07, 6.45) is 2.38. The number of amides is 1. The fourth-order valence-corrected chi connectivity index (χ4v) is 2.73. The van der Waals surface area contributed by atoms with Crippen molar-refractivity contribution < 1.29 is 14.3 Å². The molecule has 0 spiro atoms. The zero-order chi connectivity index (χ0) is 15.7. The van der Waals surface area contributed by atoms with E-state index in [1.54, 1.807) is 25.7 Å². The molecule has 1 aromatic rings. The van der Waals surface area contributed by atoms with Crippen LogP contribution in [0.2, 0.25) is 0 Å². The summed E-state index contributed by atoms with van der Waals surface area (Å²) in [5.41, 5.74) is 2.32. The summed E-state index contributed by atoms with van der Waals surface area (Å²) in [5.74, 6) is 0.172. The van der Waals surface area contributed by atoms with Crippen LogP contribution in [0.25, 0.3) is 0 Å². The Kier molecular flexibility index (Phi) is 4.40. The molecule has 5 heteroatoms. The van der Waals surface area contributed by atoms with Crippen molar-refractivity contribution in [2.45, 2.75) is 46.6 Å². The second-order valence-corrected chi connectivity index (χ2v) is 5.84. The zero-order valence-electron chi connectivity index (χ0n) is 13.4. The minimum atomic E-state index is -0.374. The van der Waals surface area contributed by atoms with Crippen molar-refractivity contribution in [3.05, 3.63) is 22.5 Å². The standard InChI is InChI=1S/C16H24N2O3/c1-6-21-16(20)13-9(2)14(17-10(13)3)15(19)18(5)11(4)12-7-8-12/h11-12,17H,6-8H2,1-5H3. The number of aromatic amines is 1. The van der Waals surface area contributed by atoms with E-state index in [4.69, 9.17) is 4.74 Å². The van der Waals surface area contributed by atoms with Crippen LogP contribution < -0.4 is 0 Å². The first-order valence-electron chi connectivity index (χ1n) is 7.51. The number of nitrogens with zero attached hydrogens (tertiary/aromatic N) is 1. The molecule has 1 atom stereocenters. The summed E-state index contributed by atoms with van der Waals surface area (Å²) in [6.45, 7) is 7.75. The molecule has 1 aliphatic rings. The summed E-state index contributed by atoms with van der Waals surface area (Å²) in [7, 11) is 1.82. The van der Waals surface area contributed by atoms with Gasteiger partial charge < -0.3 is 14.6 Å². The maximum Gasteiger partial charge on any atom is 0.340 e. The van der Waals surface area contributed by atoms with E-state index < -0.39 is 0 Å². The van der Waals surface area contributed by atoms with Gasteiger partial charge in [0.25, 0.3) is 5.91 Å². The molecule has 1 unspecified atom stereocenters. The Morgan fingerprint density at radius 3 is 2.52 bits per heavy atom. The third-order valence-corrected chi connectivity index (χ3v) is 4.37. The first-order chi connectivity index (χ1) is 9.88. The van der Waals surface area contributed by atoms with E-state index in [9.17, 15) is 9.59 Å². The Hall–Kier alpha value is -1.78.